The zero-order valence-corrected chi connectivity index (χ0v) is 12.5. The number of rotatable bonds is 8. The first-order valence-electron chi connectivity index (χ1n) is 7.02. The van der Waals surface area contributed by atoms with Gasteiger partial charge in [-0.15, -0.1) is 0 Å². The van der Waals surface area contributed by atoms with E-state index in [0.29, 0.717) is 30.8 Å². The number of carbonyl (C=O) groups is 2. The lowest BCUT2D eigenvalue weighted by Crippen LogP contribution is -2.37. The van der Waals surface area contributed by atoms with Crippen molar-refractivity contribution < 1.29 is 14.3 Å². The average molecular weight is 293 g/mol. The molecule has 0 aromatic heterocycles. The minimum atomic E-state index is -0.670. The fourth-order valence-corrected chi connectivity index (χ4v) is 1.73. The number of nitrogens with two attached hydrogens (primary N) is 1. The second-order valence-corrected chi connectivity index (χ2v) is 4.68. The van der Waals surface area contributed by atoms with Gasteiger partial charge in [-0.3, -0.25) is 9.59 Å². The molecule has 1 unspecified atom stereocenters. The summed E-state index contributed by atoms with van der Waals surface area (Å²) in [7, 11) is 1.55. The Hall–Kier alpha value is -1.92. The molecule has 1 rings (SSSR count). The summed E-state index contributed by atoms with van der Waals surface area (Å²) in [5.74, 6) is -0.541. The van der Waals surface area contributed by atoms with E-state index in [9.17, 15) is 9.59 Å². The summed E-state index contributed by atoms with van der Waals surface area (Å²) in [5, 5.41) is 5.48. The fraction of sp³-hybridized carbons (Fsp3) is 0.467. The summed E-state index contributed by atoms with van der Waals surface area (Å²) < 4.78 is 4.89. The predicted octanol–water partition coefficient (Wildman–Crippen LogP) is 1.13. The Balaban J connectivity index is 2.74. The van der Waals surface area contributed by atoms with Crippen molar-refractivity contribution in [1.82, 2.24) is 5.32 Å². The van der Waals surface area contributed by atoms with Crippen LogP contribution in [0, 0.1) is 0 Å². The van der Waals surface area contributed by atoms with Gasteiger partial charge in [-0.1, -0.05) is 19.1 Å². The van der Waals surface area contributed by atoms with Crippen molar-refractivity contribution in [2.24, 2.45) is 5.73 Å². The van der Waals surface area contributed by atoms with E-state index in [1.54, 1.807) is 31.4 Å². The standard InChI is InChI=1S/C15H23N3O3/c1-3-9-17-14(19)11-6-4-5-7-13(11)18-15(20)12(16)8-10-21-2/h4-7,12H,3,8-10,16H2,1-2H3,(H,17,19)(H,18,20). The van der Waals surface area contributed by atoms with Crippen molar-refractivity contribution in [3.8, 4) is 0 Å². The molecule has 0 spiro atoms. The molecule has 0 aliphatic rings. The van der Waals surface area contributed by atoms with Gasteiger partial charge in [0.1, 0.15) is 0 Å². The maximum absolute atomic E-state index is 12.0. The van der Waals surface area contributed by atoms with Crippen LogP contribution >= 0.6 is 0 Å². The molecule has 0 aliphatic heterocycles. The highest BCUT2D eigenvalue weighted by molar-refractivity contribution is 6.04. The van der Waals surface area contributed by atoms with Crippen molar-refractivity contribution >= 4 is 17.5 Å². The van der Waals surface area contributed by atoms with Crippen molar-refractivity contribution in [2.45, 2.75) is 25.8 Å². The Morgan fingerprint density at radius 2 is 2.05 bits per heavy atom. The first kappa shape index (κ1) is 17.1. The lowest BCUT2D eigenvalue weighted by Gasteiger charge is -2.14. The summed E-state index contributed by atoms with van der Waals surface area (Å²) >= 11 is 0. The third kappa shape index (κ3) is 5.53. The van der Waals surface area contributed by atoms with Gasteiger partial charge in [0, 0.05) is 20.3 Å². The molecule has 21 heavy (non-hydrogen) atoms. The van der Waals surface area contributed by atoms with Gasteiger partial charge < -0.3 is 21.1 Å². The van der Waals surface area contributed by atoms with Crippen LogP contribution in [0.5, 0.6) is 0 Å². The molecule has 6 heteroatoms. The fourth-order valence-electron chi connectivity index (χ4n) is 1.73. The van der Waals surface area contributed by atoms with Crippen LogP contribution in [0.25, 0.3) is 0 Å². The Kier molecular flexibility index (Phi) is 7.42. The molecule has 1 atom stereocenters. The molecule has 1 aromatic rings. The number of anilines is 1. The number of methoxy groups -OCH3 is 1. The molecular weight excluding hydrogens is 270 g/mol. The van der Waals surface area contributed by atoms with Gasteiger partial charge in [-0.2, -0.15) is 0 Å². The lowest BCUT2D eigenvalue weighted by molar-refractivity contribution is -0.117. The van der Waals surface area contributed by atoms with Gasteiger partial charge in [-0.05, 0) is 25.0 Å². The van der Waals surface area contributed by atoms with Crippen LogP contribution in [0.15, 0.2) is 24.3 Å². The summed E-state index contributed by atoms with van der Waals surface area (Å²) in [4.78, 5) is 24.0. The van der Waals surface area contributed by atoms with Gasteiger partial charge in [-0.25, -0.2) is 0 Å². The number of amides is 2. The smallest absolute Gasteiger partial charge is 0.253 e. The van der Waals surface area contributed by atoms with Gasteiger partial charge >= 0.3 is 0 Å². The molecule has 0 saturated heterocycles. The first-order valence-corrected chi connectivity index (χ1v) is 7.02. The quantitative estimate of drug-likeness (QED) is 0.670. The van der Waals surface area contributed by atoms with E-state index in [4.69, 9.17) is 10.5 Å². The highest BCUT2D eigenvalue weighted by Gasteiger charge is 2.17. The summed E-state index contributed by atoms with van der Waals surface area (Å²) in [6, 6.07) is 6.19. The molecule has 6 nitrogen and oxygen atoms in total. The molecule has 0 heterocycles. The molecule has 0 bridgehead atoms. The van der Waals surface area contributed by atoms with Gasteiger partial charge in [0.2, 0.25) is 5.91 Å². The van der Waals surface area contributed by atoms with Gasteiger partial charge in [0.05, 0.1) is 17.3 Å². The van der Waals surface area contributed by atoms with Crippen LogP contribution < -0.4 is 16.4 Å². The van der Waals surface area contributed by atoms with E-state index < -0.39 is 6.04 Å². The first-order chi connectivity index (χ1) is 10.1. The number of nitrogens with one attached hydrogen (secondary N) is 2. The van der Waals surface area contributed by atoms with E-state index in [0.717, 1.165) is 6.42 Å². The molecule has 116 valence electrons. The van der Waals surface area contributed by atoms with Gasteiger partial charge in [0.15, 0.2) is 0 Å². The Morgan fingerprint density at radius 3 is 2.71 bits per heavy atom. The molecule has 0 radical (unpaired) electrons. The number of ether oxygens (including phenoxy) is 1. The Labute approximate surface area is 125 Å². The van der Waals surface area contributed by atoms with Crippen molar-refractivity contribution in [1.29, 1.82) is 0 Å². The average Bonchev–Trinajstić information content (AvgIpc) is 2.50. The van der Waals surface area contributed by atoms with E-state index >= 15 is 0 Å². The minimum absolute atomic E-state index is 0.210. The third-order valence-electron chi connectivity index (χ3n) is 2.93. The van der Waals surface area contributed by atoms with Crippen LogP contribution in [0.4, 0.5) is 5.69 Å². The number of hydrogen-bond donors (Lipinski definition) is 3. The number of benzene rings is 1. The number of carbonyl (C=O) groups excluding carboxylic acids is 2. The summed E-state index contributed by atoms with van der Waals surface area (Å²) in [6.45, 7) is 2.98. The second kappa shape index (κ2) is 9.10. The van der Waals surface area contributed by atoms with Crippen LogP contribution in [0.3, 0.4) is 0 Å². The van der Waals surface area contributed by atoms with Crippen molar-refractivity contribution in [3.63, 3.8) is 0 Å². The van der Waals surface area contributed by atoms with Gasteiger partial charge in [0.25, 0.3) is 5.91 Å². The van der Waals surface area contributed by atoms with Crippen LogP contribution in [0.1, 0.15) is 30.1 Å². The van der Waals surface area contributed by atoms with E-state index in [1.807, 2.05) is 6.92 Å². The summed E-state index contributed by atoms with van der Waals surface area (Å²) in [6.07, 6.45) is 1.27. The topological polar surface area (TPSA) is 93.5 Å². The zero-order valence-electron chi connectivity index (χ0n) is 12.5. The van der Waals surface area contributed by atoms with Crippen LogP contribution in [-0.2, 0) is 9.53 Å². The molecule has 0 aliphatic carbocycles. The minimum Gasteiger partial charge on any atom is -0.385 e. The second-order valence-electron chi connectivity index (χ2n) is 4.68. The van der Waals surface area contributed by atoms with Crippen molar-refractivity contribution in [2.75, 3.05) is 25.6 Å². The number of para-hydroxylation sites is 1. The highest BCUT2D eigenvalue weighted by Crippen LogP contribution is 2.15. The highest BCUT2D eigenvalue weighted by atomic mass is 16.5. The van der Waals surface area contributed by atoms with Crippen molar-refractivity contribution in [3.05, 3.63) is 29.8 Å². The summed E-state index contributed by atoms with van der Waals surface area (Å²) in [5.41, 5.74) is 6.66. The monoisotopic (exact) mass is 293 g/mol. The Morgan fingerprint density at radius 1 is 1.33 bits per heavy atom. The molecule has 1 aromatic carbocycles. The predicted molar refractivity (Wildman–Crippen MR) is 82.2 cm³/mol. The molecule has 2 amide bonds. The number of hydrogen-bond acceptors (Lipinski definition) is 4. The maximum atomic E-state index is 12.0. The Bertz CT molecular complexity index is 477. The lowest BCUT2D eigenvalue weighted by atomic mass is 10.1. The molecule has 0 fully saturated rings. The van der Waals surface area contributed by atoms with E-state index in [-0.39, 0.29) is 11.8 Å². The maximum Gasteiger partial charge on any atom is 0.253 e. The third-order valence-corrected chi connectivity index (χ3v) is 2.93. The zero-order chi connectivity index (χ0) is 15.7. The largest absolute Gasteiger partial charge is 0.385 e. The molecular formula is C15H23N3O3. The van der Waals surface area contributed by atoms with E-state index in [1.165, 1.54) is 0 Å². The normalized spacial score (nSPS) is 11.8. The van der Waals surface area contributed by atoms with E-state index in [2.05, 4.69) is 10.6 Å². The van der Waals surface area contributed by atoms with Crippen LogP contribution in [-0.4, -0.2) is 38.1 Å². The molecule has 4 N–H and O–H groups in total. The SMILES string of the molecule is CCCNC(=O)c1ccccc1NC(=O)C(N)CCOC. The molecule has 0 saturated carbocycles. The van der Waals surface area contributed by atoms with Crippen LogP contribution in [0.2, 0.25) is 0 Å².